The van der Waals surface area contributed by atoms with E-state index >= 15 is 0 Å². The second-order valence-corrected chi connectivity index (χ2v) is 6.56. The van der Waals surface area contributed by atoms with Crippen molar-refractivity contribution in [2.24, 2.45) is 0 Å². The SMILES string of the molecule is N#Cc1cn([C@H]2O[C@H](COP(=O)(O)O)[C@@H](O)[C@H]2O)c2nc[nH]c(=O)c12. The van der Waals surface area contributed by atoms with Crippen molar-refractivity contribution >= 4 is 18.9 Å². The lowest BCUT2D eigenvalue weighted by molar-refractivity contribution is -0.0501. The number of aliphatic hydroxyl groups excluding tert-OH is 2. The fraction of sp³-hybridized carbons (Fsp3) is 0.417. The Labute approximate surface area is 139 Å². The summed E-state index contributed by atoms with van der Waals surface area (Å²) in [6, 6.07) is 1.83. The van der Waals surface area contributed by atoms with Crippen LogP contribution in [0, 0.1) is 11.3 Å². The van der Waals surface area contributed by atoms with Crippen LogP contribution in [-0.2, 0) is 13.8 Å². The number of H-pyrrole nitrogens is 1. The molecule has 0 saturated carbocycles. The van der Waals surface area contributed by atoms with Crippen molar-refractivity contribution in [1.29, 1.82) is 5.26 Å². The van der Waals surface area contributed by atoms with Crippen LogP contribution in [0.4, 0.5) is 0 Å². The van der Waals surface area contributed by atoms with Crippen molar-refractivity contribution in [3.63, 3.8) is 0 Å². The highest BCUT2D eigenvalue weighted by atomic mass is 31.2. The van der Waals surface area contributed by atoms with E-state index in [1.165, 1.54) is 10.8 Å². The van der Waals surface area contributed by atoms with E-state index in [2.05, 4.69) is 14.5 Å². The zero-order valence-electron chi connectivity index (χ0n) is 12.4. The molecule has 0 spiro atoms. The molecule has 0 aliphatic carbocycles. The van der Waals surface area contributed by atoms with Crippen molar-refractivity contribution in [3.05, 3.63) is 28.4 Å². The summed E-state index contributed by atoms with van der Waals surface area (Å²) in [5.74, 6) is 0. The molecule has 3 rings (SSSR count). The Morgan fingerprint density at radius 3 is 2.80 bits per heavy atom. The Balaban J connectivity index is 1.96. The van der Waals surface area contributed by atoms with E-state index in [-0.39, 0.29) is 16.6 Å². The zero-order valence-corrected chi connectivity index (χ0v) is 13.3. The maximum atomic E-state index is 11.9. The van der Waals surface area contributed by atoms with Gasteiger partial charge in [-0.15, -0.1) is 0 Å². The highest BCUT2D eigenvalue weighted by Gasteiger charge is 2.45. The average Bonchev–Trinajstić information content (AvgIpc) is 3.05. The summed E-state index contributed by atoms with van der Waals surface area (Å²) >= 11 is 0. The van der Waals surface area contributed by atoms with Crippen LogP contribution in [0.1, 0.15) is 11.8 Å². The standard InChI is InChI=1S/C12H13N4O8P/c13-1-5-2-16(10-7(5)11(19)15-4-14-10)12-9(18)8(17)6(24-12)3-23-25(20,21)22/h2,4,6,8-9,12,17-18H,3H2,(H,14,15,19)(H2,20,21,22)/t6-,8-,9-,12+/m1/s1. The maximum absolute atomic E-state index is 11.9. The number of aromatic nitrogens is 3. The third-order valence-electron chi connectivity index (χ3n) is 3.75. The van der Waals surface area contributed by atoms with E-state index in [4.69, 9.17) is 19.8 Å². The molecule has 25 heavy (non-hydrogen) atoms. The van der Waals surface area contributed by atoms with E-state index in [9.17, 15) is 19.6 Å². The molecule has 0 amide bonds. The quantitative estimate of drug-likeness (QED) is 0.387. The number of hydrogen-bond donors (Lipinski definition) is 5. The molecular formula is C12H13N4O8P. The first-order valence-corrected chi connectivity index (χ1v) is 8.46. The van der Waals surface area contributed by atoms with Gasteiger partial charge in [-0.25, -0.2) is 9.55 Å². The number of aromatic amines is 1. The third kappa shape index (κ3) is 3.22. The Morgan fingerprint density at radius 2 is 2.16 bits per heavy atom. The van der Waals surface area contributed by atoms with Gasteiger partial charge in [0.05, 0.1) is 18.5 Å². The number of nitrogens with zero attached hydrogens (tertiary/aromatic N) is 3. The van der Waals surface area contributed by atoms with Gasteiger partial charge in [0, 0.05) is 6.20 Å². The second kappa shape index (κ2) is 6.32. The summed E-state index contributed by atoms with van der Waals surface area (Å²) in [7, 11) is -4.78. The lowest BCUT2D eigenvalue weighted by Crippen LogP contribution is -2.33. The molecule has 2 aromatic rings. The molecule has 0 aromatic carbocycles. The number of nitriles is 1. The lowest BCUT2D eigenvalue weighted by atomic mass is 10.1. The molecule has 0 radical (unpaired) electrons. The van der Waals surface area contributed by atoms with E-state index in [1.54, 1.807) is 0 Å². The Kier molecular flexibility index (Phi) is 4.48. The van der Waals surface area contributed by atoms with Gasteiger partial charge in [0.25, 0.3) is 5.56 Å². The molecule has 1 aliphatic rings. The molecule has 5 N–H and O–H groups in total. The molecule has 4 atom stereocenters. The molecule has 3 heterocycles. The number of fused-ring (bicyclic) bond motifs is 1. The first-order chi connectivity index (χ1) is 11.7. The molecule has 2 aromatic heterocycles. The van der Waals surface area contributed by atoms with Crippen molar-refractivity contribution < 1.29 is 33.8 Å². The van der Waals surface area contributed by atoms with Gasteiger partial charge in [0.1, 0.15) is 29.8 Å². The van der Waals surface area contributed by atoms with Crippen LogP contribution in [0.5, 0.6) is 0 Å². The maximum Gasteiger partial charge on any atom is 0.469 e. The Hall–Kier alpha value is -2.10. The predicted octanol–water partition coefficient (Wildman–Crippen LogP) is -1.68. The fourth-order valence-electron chi connectivity index (χ4n) is 2.64. The summed E-state index contributed by atoms with van der Waals surface area (Å²) in [6.45, 7) is -0.669. The molecule has 0 bridgehead atoms. The molecule has 1 aliphatic heterocycles. The van der Waals surface area contributed by atoms with Crippen LogP contribution in [-0.4, -0.2) is 59.5 Å². The highest BCUT2D eigenvalue weighted by Crippen LogP contribution is 2.39. The summed E-state index contributed by atoms with van der Waals surface area (Å²) in [6.07, 6.45) is -3.15. The number of ether oxygens (including phenoxy) is 1. The van der Waals surface area contributed by atoms with Crippen molar-refractivity contribution in [2.75, 3.05) is 6.61 Å². The molecule has 13 heteroatoms. The third-order valence-corrected chi connectivity index (χ3v) is 4.24. The number of aliphatic hydroxyl groups is 2. The van der Waals surface area contributed by atoms with E-state index in [0.29, 0.717) is 0 Å². The van der Waals surface area contributed by atoms with Crippen molar-refractivity contribution in [2.45, 2.75) is 24.5 Å². The van der Waals surface area contributed by atoms with Crippen LogP contribution in [0.2, 0.25) is 0 Å². The fourth-order valence-corrected chi connectivity index (χ4v) is 2.98. The van der Waals surface area contributed by atoms with Crippen LogP contribution in [0.25, 0.3) is 11.0 Å². The molecule has 1 fully saturated rings. The topological polar surface area (TPSA) is 191 Å². The summed E-state index contributed by atoms with van der Waals surface area (Å²) in [4.78, 5) is 35.6. The number of nitrogens with one attached hydrogen (secondary N) is 1. The molecular weight excluding hydrogens is 359 g/mol. The van der Waals surface area contributed by atoms with Gasteiger partial charge in [-0.3, -0.25) is 9.32 Å². The number of rotatable bonds is 4. The van der Waals surface area contributed by atoms with Gasteiger partial charge in [-0.1, -0.05) is 0 Å². The minimum absolute atomic E-state index is 0.00907. The number of phosphoric acid groups is 1. The van der Waals surface area contributed by atoms with Gasteiger partial charge in [0.2, 0.25) is 0 Å². The van der Waals surface area contributed by atoms with Gasteiger partial charge in [-0.2, -0.15) is 5.26 Å². The summed E-state index contributed by atoms with van der Waals surface area (Å²) in [5.41, 5.74) is -0.521. The Morgan fingerprint density at radius 1 is 1.44 bits per heavy atom. The zero-order chi connectivity index (χ0) is 18.4. The van der Waals surface area contributed by atoms with E-state index in [1.807, 2.05) is 6.07 Å². The first-order valence-electron chi connectivity index (χ1n) is 6.93. The largest absolute Gasteiger partial charge is 0.469 e. The van der Waals surface area contributed by atoms with Crippen LogP contribution in [0.15, 0.2) is 17.3 Å². The number of hydrogen-bond acceptors (Lipinski definition) is 8. The molecule has 12 nitrogen and oxygen atoms in total. The van der Waals surface area contributed by atoms with Gasteiger partial charge < -0.3 is 34.3 Å². The first kappa shape index (κ1) is 17.7. The monoisotopic (exact) mass is 372 g/mol. The van der Waals surface area contributed by atoms with Crippen LogP contribution >= 0.6 is 7.82 Å². The highest BCUT2D eigenvalue weighted by molar-refractivity contribution is 7.46. The minimum atomic E-state index is -4.78. The molecule has 1 saturated heterocycles. The summed E-state index contributed by atoms with van der Waals surface area (Å²) < 4.78 is 21.7. The molecule has 134 valence electrons. The normalized spacial score (nSPS) is 26.8. The Bertz CT molecular complexity index is 943. The van der Waals surface area contributed by atoms with Crippen molar-refractivity contribution in [1.82, 2.24) is 14.5 Å². The van der Waals surface area contributed by atoms with Crippen molar-refractivity contribution in [3.8, 4) is 6.07 Å². The van der Waals surface area contributed by atoms with E-state index < -0.39 is 44.5 Å². The second-order valence-electron chi connectivity index (χ2n) is 5.32. The van der Waals surface area contributed by atoms with E-state index in [0.717, 1.165) is 6.33 Å². The lowest BCUT2D eigenvalue weighted by Gasteiger charge is -2.17. The van der Waals surface area contributed by atoms with Crippen LogP contribution in [0.3, 0.4) is 0 Å². The smallest absolute Gasteiger partial charge is 0.387 e. The van der Waals surface area contributed by atoms with Gasteiger partial charge >= 0.3 is 7.82 Å². The number of phosphoric ester groups is 1. The summed E-state index contributed by atoms with van der Waals surface area (Å²) in [5, 5.41) is 29.3. The van der Waals surface area contributed by atoms with Crippen LogP contribution < -0.4 is 5.56 Å². The minimum Gasteiger partial charge on any atom is -0.387 e. The molecule has 0 unspecified atom stereocenters. The predicted molar refractivity (Wildman–Crippen MR) is 79.0 cm³/mol. The van der Waals surface area contributed by atoms with Gasteiger partial charge in [0.15, 0.2) is 11.9 Å². The van der Waals surface area contributed by atoms with Gasteiger partial charge in [-0.05, 0) is 0 Å². The average molecular weight is 372 g/mol.